The summed E-state index contributed by atoms with van der Waals surface area (Å²) in [6, 6.07) is 8.19. The van der Waals surface area contributed by atoms with Gasteiger partial charge in [-0.2, -0.15) is 5.10 Å². The molecular weight excluding hydrogens is 384 g/mol. The van der Waals surface area contributed by atoms with Crippen LogP contribution >= 0.6 is 11.6 Å². The van der Waals surface area contributed by atoms with Gasteiger partial charge in [0.2, 0.25) is 5.95 Å². The van der Waals surface area contributed by atoms with E-state index in [-0.39, 0.29) is 6.04 Å². The number of piperidine rings is 1. The molecule has 29 heavy (non-hydrogen) atoms. The fourth-order valence-electron chi connectivity index (χ4n) is 4.01. The third-order valence-corrected chi connectivity index (χ3v) is 5.65. The first-order valence-electron chi connectivity index (χ1n) is 10.0. The number of nitrogens with zero attached hydrogens (tertiary/aromatic N) is 6. The predicted octanol–water partition coefficient (Wildman–Crippen LogP) is 4.32. The molecule has 3 heterocycles. The van der Waals surface area contributed by atoms with E-state index in [9.17, 15) is 0 Å². The van der Waals surface area contributed by atoms with E-state index in [0.29, 0.717) is 0 Å². The minimum Gasteiger partial charge on any atom is -0.347 e. The summed E-state index contributed by atoms with van der Waals surface area (Å²) in [5, 5.41) is 5.06. The SMILES string of the molecule is CN(C)c1ncc(-c2cccc(Cl)c2)c([C@@H]2CCCCN2Cc2cnn(C)c2)n1. The van der Waals surface area contributed by atoms with Crippen LogP contribution in [0.3, 0.4) is 0 Å². The minimum absolute atomic E-state index is 0.236. The minimum atomic E-state index is 0.236. The molecule has 152 valence electrons. The number of aromatic nitrogens is 4. The lowest BCUT2D eigenvalue weighted by Crippen LogP contribution is -2.34. The van der Waals surface area contributed by atoms with Crippen molar-refractivity contribution in [3.63, 3.8) is 0 Å². The highest BCUT2D eigenvalue weighted by atomic mass is 35.5. The molecule has 1 aliphatic heterocycles. The number of hydrogen-bond donors (Lipinski definition) is 0. The third kappa shape index (κ3) is 4.43. The van der Waals surface area contributed by atoms with Crippen LogP contribution in [-0.4, -0.2) is 45.3 Å². The zero-order valence-corrected chi connectivity index (χ0v) is 18.0. The van der Waals surface area contributed by atoms with Gasteiger partial charge in [-0.15, -0.1) is 0 Å². The van der Waals surface area contributed by atoms with Gasteiger partial charge in [0.1, 0.15) is 0 Å². The Morgan fingerprint density at radius 3 is 2.79 bits per heavy atom. The largest absolute Gasteiger partial charge is 0.347 e. The highest BCUT2D eigenvalue weighted by Crippen LogP contribution is 2.37. The smallest absolute Gasteiger partial charge is 0.225 e. The summed E-state index contributed by atoms with van der Waals surface area (Å²) in [4.78, 5) is 14.1. The van der Waals surface area contributed by atoms with Gasteiger partial charge in [-0.25, -0.2) is 9.97 Å². The average molecular weight is 411 g/mol. The topological polar surface area (TPSA) is 50.1 Å². The Hall–Kier alpha value is -2.44. The highest BCUT2D eigenvalue weighted by molar-refractivity contribution is 6.30. The summed E-state index contributed by atoms with van der Waals surface area (Å²) in [5.74, 6) is 0.734. The quantitative estimate of drug-likeness (QED) is 0.626. The second kappa shape index (κ2) is 8.51. The summed E-state index contributed by atoms with van der Waals surface area (Å²) < 4.78 is 1.86. The molecule has 0 aliphatic carbocycles. The van der Waals surface area contributed by atoms with Crippen LogP contribution in [0.2, 0.25) is 5.02 Å². The Morgan fingerprint density at radius 2 is 2.07 bits per heavy atom. The molecule has 0 bridgehead atoms. The van der Waals surface area contributed by atoms with Gasteiger partial charge in [0.25, 0.3) is 0 Å². The standard InChI is InChI=1S/C22H27ClN6/c1-27(2)22-24-13-19(17-7-6-8-18(23)11-17)21(26-22)20-9-4-5-10-29(20)15-16-12-25-28(3)14-16/h6-8,11-14,20H,4-5,9-10,15H2,1-3H3/t20-/m0/s1. The Kier molecular flexibility index (Phi) is 5.83. The average Bonchev–Trinajstić information content (AvgIpc) is 3.12. The van der Waals surface area contributed by atoms with Crippen molar-refractivity contribution in [2.45, 2.75) is 31.8 Å². The molecule has 7 heteroatoms. The molecule has 0 unspecified atom stereocenters. The molecule has 4 rings (SSSR count). The van der Waals surface area contributed by atoms with Gasteiger partial charge in [0.05, 0.1) is 17.9 Å². The molecule has 3 aromatic rings. The van der Waals surface area contributed by atoms with Gasteiger partial charge >= 0.3 is 0 Å². The van der Waals surface area contributed by atoms with E-state index in [1.165, 1.54) is 18.4 Å². The van der Waals surface area contributed by atoms with Crippen molar-refractivity contribution in [1.29, 1.82) is 0 Å². The number of anilines is 1. The lowest BCUT2D eigenvalue weighted by Gasteiger charge is -2.36. The highest BCUT2D eigenvalue weighted by Gasteiger charge is 2.28. The van der Waals surface area contributed by atoms with E-state index in [1.807, 2.05) is 61.3 Å². The first-order valence-corrected chi connectivity index (χ1v) is 10.4. The van der Waals surface area contributed by atoms with Crippen LogP contribution in [0, 0.1) is 0 Å². The Balaban J connectivity index is 1.76. The molecule has 1 aliphatic rings. The molecule has 6 nitrogen and oxygen atoms in total. The van der Waals surface area contributed by atoms with Crippen LogP contribution in [-0.2, 0) is 13.6 Å². The predicted molar refractivity (Wildman–Crippen MR) is 117 cm³/mol. The van der Waals surface area contributed by atoms with Crippen molar-refractivity contribution in [3.05, 3.63) is 59.1 Å². The molecule has 0 N–H and O–H groups in total. The van der Waals surface area contributed by atoms with Crippen molar-refractivity contribution in [1.82, 2.24) is 24.6 Å². The lowest BCUT2D eigenvalue weighted by atomic mass is 9.93. The molecule has 1 atom stereocenters. The van der Waals surface area contributed by atoms with Crippen LogP contribution < -0.4 is 4.90 Å². The van der Waals surface area contributed by atoms with Gasteiger partial charge in [-0.3, -0.25) is 9.58 Å². The number of halogens is 1. The lowest BCUT2D eigenvalue weighted by molar-refractivity contribution is 0.137. The van der Waals surface area contributed by atoms with E-state index in [0.717, 1.165) is 47.3 Å². The number of aryl methyl sites for hydroxylation is 1. The fraction of sp³-hybridized carbons (Fsp3) is 0.409. The first-order chi connectivity index (χ1) is 14.0. The molecule has 2 aromatic heterocycles. The number of benzene rings is 1. The van der Waals surface area contributed by atoms with Gasteiger partial charge in [0, 0.05) is 56.2 Å². The van der Waals surface area contributed by atoms with E-state index in [4.69, 9.17) is 16.6 Å². The van der Waals surface area contributed by atoms with E-state index in [1.54, 1.807) is 0 Å². The molecule has 1 aromatic carbocycles. The fourth-order valence-corrected chi connectivity index (χ4v) is 4.20. The summed E-state index contributed by atoms with van der Waals surface area (Å²) >= 11 is 6.28. The van der Waals surface area contributed by atoms with Crippen molar-refractivity contribution in [2.24, 2.45) is 7.05 Å². The summed E-state index contributed by atoms with van der Waals surface area (Å²) in [6.45, 7) is 1.92. The number of rotatable bonds is 5. The second-order valence-electron chi connectivity index (χ2n) is 7.88. The van der Waals surface area contributed by atoms with Crippen LogP contribution in [0.25, 0.3) is 11.1 Å². The molecule has 0 spiro atoms. The second-order valence-corrected chi connectivity index (χ2v) is 8.31. The Morgan fingerprint density at radius 1 is 1.21 bits per heavy atom. The molecule has 1 fully saturated rings. The molecule has 0 saturated carbocycles. The summed E-state index contributed by atoms with van der Waals surface area (Å²) in [5.41, 5.74) is 4.42. The van der Waals surface area contributed by atoms with Gasteiger partial charge in [-0.05, 0) is 37.1 Å². The molecular formula is C22H27ClN6. The van der Waals surface area contributed by atoms with Crippen molar-refractivity contribution in [2.75, 3.05) is 25.5 Å². The maximum Gasteiger partial charge on any atom is 0.225 e. The van der Waals surface area contributed by atoms with E-state index < -0.39 is 0 Å². The van der Waals surface area contributed by atoms with E-state index >= 15 is 0 Å². The summed E-state index contributed by atoms with van der Waals surface area (Å²) in [6.07, 6.45) is 9.47. The maximum atomic E-state index is 6.28. The normalized spacial score (nSPS) is 17.4. The van der Waals surface area contributed by atoms with Gasteiger partial charge in [-0.1, -0.05) is 30.2 Å². The van der Waals surface area contributed by atoms with Crippen molar-refractivity contribution < 1.29 is 0 Å². The first kappa shape index (κ1) is 19.9. The van der Waals surface area contributed by atoms with Gasteiger partial charge < -0.3 is 4.90 Å². The van der Waals surface area contributed by atoms with Crippen molar-refractivity contribution >= 4 is 17.5 Å². The summed E-state index contributed by atoms with van der Waals surface area (Å²) in [7, 11) is 5.92. The van der Waals surface area contributed by atoms with Gasteiger partial charge in [0.15, 0.2) is 0 Å². The third-order valence-electron chi connectivity index (χ3n) is 5.41. The van der Waals surface area contributed by atoms with E-state index in [2.05, 4.69) is 27.2 Å². The van der Waals surface area contributed by atoms with Crippen molar-refractivity contribution in [3.8, 4) is 11.1 Å². The van der Waals surface area contributed by atoms with Crippen LogP contribution in [0.4, 0.5) is 5.95 Å². The van der Waals surface area contributed by atoms with Crippen LogP contribution in [0.15, 0.2) is 42.9 Å². The van der Waals surface area contributed by atoms with Crippen LogP contribution in [0.5, 0.6) is 0 Å². The monoisotopic (exact) mass is 410 g/mol. The zero-order valence-electron chi connectivity index (χ0n) is 17.2. The molecule has 0 radical (unpaired) electrons. The zero-order chi connectivity index (χ0) is 20.4. The maximum absolute atomic E-state index is 6.28. The number of likely N-dealkylation sites (tertiary alicyclic amines) is 1. The van der Waals surface area contributed by atoms with Crippen LogP contribution in [0.1, 0.15) is 36.6 Å². The Labute approximate surface area is 177 Å². The Bertz CT molecular complexity index is 983. The molecule has 1 saturated heterocycles. The number of hydrogen-bond acceptors (Lipinski definition) is 5. The molecule has 0 amide bonds.